The van der Waals surface area contributed by atoms with Crippen LogP contribution < -0.4 is 0 Å². The van der Waals surface area contributed by atoms with E-state index in [-0.39, 0.29) is 24.8 Å². The van der Waals surface area contributed by atoms with Gasteiger partial charge in [-0.2, -0.15) is 0 Å². The van der Waals surface area contributed by atoms with Crippen molar-refractivity contribution >= 4 is 11.7 Å². The maximum absolute atomic E-state index is 13.9. The molecular formula is C22H21F2NO2. The number of ether oxygens (including phenoxy) is 1. The summed E-state index contributed by atoms with van der Waals surface area (Å²) < 4.78 is 32.9. The van der Waals surface area contributed by atoms with Crippen LogP contribution in [0.3, 0.4) is 0 Å². The third-order valence-corrected chi connectivity index (χ3v) is 5.50. The molecule has 1 saturated heterocycles. The van der Waals surface area contributed by atoms with E-state index < -0.39 is 11.6 Å². The largest absolute Gasteiger partial charge is 0.445 e. The van der Waals surface area contributed by atoms with Gasteiger partial charge in [0.25, 0.3) is 0 Å². The molecule has 2 heterocycles. The first-order chi connectivity index (χ1) is 13.0. The van der Waals surface area contributed by atoms with Gasteiger partial charge in [0, 0.05) is 6.04 Å². The number of rotatable bonds is 3. The lowest BCUT2D eigenvalue weighted by Gasteiger charge is -2.33. The molecule has 2 atom stereocenters. The summed E-state index contributed by atoms with van der Waals surface area (Å²) >= 11 is 0. The first-order valence-electron chi connectivity index (χ1n) is 9.19. The number of hydrogen-bond acceptors (Lipinski definition) is 2. The van der Waals surface area contributed by atoms with E-state index in [4.69, 9.17) is 4.74 Å². The van der Waals surface area contributed by atoms with Crippen LogP contribution in [0.15, 0.2) is 48.5 Å². The van der Waals surface area contributed by atoms with Crippen LogP contribution in [0.5, 0.6) is 0 Å². The SMILES string of the molecule is Cc1c(C2=CC3CCC(C2)N3C(=O)OCc2ccccc2)ccc(F)c1F. The minimum Gasteiger partial charge on any atom is -0.445 e. The lowest BCUT2D eigenvalue weighted by atomic mass is 9.92. The Morgan fingerprint density at radius 3 is 2.67 bits per heavy atom. The highest BCUT2D eigenvalue weighted by Crippen LogP contribution is 2.40. The van der Waals surface area contributed by atoms with Gasteiger partial charge in [-0.15, -0.1) is 0 Å². The molecule has 1 amide bonds. The Hall–Kier alpha value is -2.69. The maximum Gasteiger partial charge on any atom is 0.410 e. The second-order valence-electron chi connectivity index (χ2n) is 7.18. The van der Waals surface area contributed by atoms with Crippen molar-refractivity contribution < 1.29 is 18.3 Å². The lowest BCUT2D eigenvalue weighted by molar-refractivity contribution is 0.0832. The Balaban J connectivity index is 1.51. The summed E-state index contributed by atoms with van der Waals surface area (Å²) in [4.78, 5) is 14.4. The molecule has 3 nitrogen and oxygen atoms in total. The highest BCUT2D eigenvalue weighted by Gasteiger charge is 2.41. The van der Waals surface area contributed by atoms with Gasteiger partial charge < -0.3 is 4.74 Å². The quantitative estimate of drug-likeness (QED) is 0.741. The molecule has 0 spiro atoms. The average molecular weight is 369 g/mol. The predicted molar refractivity (Wildman–Crippen MR) is 99.0 cm³/mol. The van der Waals surface area contributed by atoms with Crippen LogP contribution in [0.2, 0.25) is 0 Å². The van der Waals surface area contributed by atoms with Crippen molar-refractivity contribution in [3.05, 3.63) is 76.9 Å². The Morgan fingerprint density at radius 1 is 1.15 bits per heavy atom. The first kappa shape index (κ1) is 17.7. The van der Waals surface area contributed by atoms with Crippen LogP contribution in [0.4, 0.5) is 13.6 Å². The molecule has 0 aliphatic carbocycles. The topological polar surface area (TPSA) is 29.5 Å². The monoisotopic (exact) mass is 369 g/mol. The van der Waals surface area contributed by atoms with Gasteiger partial charge in [-0.05, 0) is 54.5 Å². The standard InChI is InChI=1S/C22H21F2NO2/c1-14-19(9-10-20(23)21(14)24)16-11-17-7-8-18(12-16)25(17)22(26)27-13-15-5-3-2-4-6-15/h2-6,9-11,17-18H,7-8,12-13H2,1H3. The van der Waals surface area contributed by atoms with E-state index in [0.29, 0.717) is 12.0 Å². The van der Waals surface area contributed by atoms with Gasteiger partial charge in [-0.25, -0.2) is 13.6 Å². The summed E-state index contributed by atoms with van der Waals surface area (Å²) in [5, 5.41) is 0. The number of nitrogens with zero attached hydrogens (tertiary/aromatic N) is 1. The molecule has 140 valence electrons. The van der Waals surface area contributed by atoms with E-state index >= 15 is 0 Å². The van der Waals surface area contributed by atoms with Gasteiger partial charge in [-0.1, -0.05) is 42.5 Å². The Labute approximate surface area is 157 Å². The average Bonchev–Trinajstić information content (AvgIpc) is 2.95. The molecular weight excluding hydrogens is 348 g/mol. The van der Waals surface area contributed by atoms with Crippen molar-refractivity contribution in [1.82, 2.24) is 4.90 Å². The smallest absolute Gasteiger partial charge is 0.410 e. The molecule has 4 rings (SSSR count). The molecule has 27 heavy (non-hydrogen) atoms. The summed E-state index contributed by atoms with van der Waals surface area (Å²) in [5.41, 5.74) is 2.97. The molecule has 0 aromatic heterocycles. The fraction of sp³-hybridized carbons (Fsp3) is 0.318. The molecule has 2 unspecified atom stereocenters. The summed E-state index contributed by atoms with van der Waals surface area (Å²) in [6.07, 6.45) is 4.06. The minimum absolute atomic E-state index is 0.0331. The van der Waals surface area contributed by atoms with Gasteiger partial charge in [0.1, 0.15) is 6.61 Å². The molecule has 2 aliphatic rings. The number of benzene rings is 2. The highest BCUT2D eigenvalue weighted by molar-refractivity contribution is 5.76. The molecule has 5 heteroatoms. The highest BCUT2D eigenvalue weighted by atomic mass is 19.2. The molecule has 2 aliphatic heterocycles. The summed E-state index contributed by atoms with van der Waals surface area (Å²) in [7, 11) is 0. The maximum atomic E-state index is 13.9. The number of halogens is 2. The number of carbonyl (C=O) groups excluding carboxylic acids is 1. The van der Waals surface area contributed by atoms with E-state index in [1.807, 2.05) is 36.4 Å². The fourth-order valence-electron chi connectivity index (χ4n) is 4.11. The molecule has 2 bridgehead atoms. The van der Waals surface area contributed by atoms with Crippen LogP contribution in [0, 0.1) is 18.6 Å². The van der Waals surface area contributed by atoms with Crippen molar-refractivity contribution in [2.75, 3.05) is 0 Å². The Bertz CT molecular complexity index is 895. The summed E-state index contributed by atoms with van der Waals surface area (Å²) in [5.74, 6) is -1.63. The van der Waals surface area contributed by atoms with E-state index in [0.717, 1.165) is 29.5 Å². The van der Waals surface area contributed by atoms with Crippen LogP contribution in [-0.4, -0.2) is 23.1 Å². The van der Waals surface area contributed by atoms with E-state index in [2.05, 4.69) is 0 Å². The molecule has 0 radical (unpaired) electrons. The van der Waals surface area contributed by atoms with Crippen molar-refractivity contribution in [3.63, 3.8) is 0 Å². The van der Waals surface area contributed by atoms with Crippen LogP contribution >= 0.6 is 0 Å². The molecule has 0 N–H and O–H groups in total. The molecule has 2 aromatic carbocycles. The van der Waals surface area contributed by atoms with Crippen molar-refractivity contribution in [3.8, 4) is 0 Å². The normalized spacial score (nSPS) is 21.1. The Kier molecular flexibility index (Phi) is 4.68. The lowest BCUT2D eigenvalue weighted by Crippen LogP contribution is -2.43. The van der Waals surface area contributed by atoms with E-state index in [1.165, 1.54) is 6.07 Å². The van der Waals surface area contributed by atoms with Gasteiger partial charge in [-0.3, -0.25) is 4.90 Å². The van der Waals surface area contributed by atoms with E-state index in [9.17, 15) is 13.6 Å². The zero-order valence-corrected chi connectivity index (χ0v) is 15.1. The zero-order valence-electron chi connectivity index (χ0n) is 15.1. The van der Waals surface area contributed by atoms with Gasteiger partial charge in [0.15, 0.2) is 11.6 Å². The number of fused-ring (bicyclic) bond motifs is 2. The van der Waals surface area contributed by atoms with Crippen molar-refractivity contribution in [1.29, 1.82) is 0 Å². The van der Waals surface area contributed by atoms with Crippen LogP contribution in [0.25, 0.3) is 5.57 Å². The Morgan fingerprint density at radius 2 is 1.93 bits per heavy atom. The minimum atomic E-state index is -0.832. The van der Waals surface area contributed by atoms with E-state index in [1.54, 1.807) is 17.9 Å². The fourth-order valence-corrected chi connectivity index (χ4v) is 4.11. The second kappa shape index (κ2) is 7.14. The predicted octanol–water partition coefficient (Wildman–Crippen LogP) is 5.23. The number of carbonyl (C=O) groups is 1. The summed E-state index contributed by atoms with van der Waals surface area (Å²) in [6, 6.07) is 12.3. The molecule has 1 fully saturated rings. The molecule has 0 saturated carbocycles. The van der Waals surface area contributed by atoms with Gasteiger partial charge in [0.2, 0.25) is 0 Å². The second-order valence-corrected chi connectivity index (χ2v) is 7.18. The number of hydrogen-bond donors (Lipinski definition) is 0. The van der Waals surface area contributed by atoms with Crippen LogP contribution in [-0.2, 0) is 11.3 Å². The first-order valence-corrected chi connectivity index (χ1v) is 9.19. The molecule has 2 aromatic rings. The van der Waals surface area contributed by atoms with Gasteiger partial charge in [0.05, 0.1) is 6.04 Å². The third kappa shape index (κ3) is 3.34. The van der Waals surface area contributed by atoms with Crippen LogP contribution in [0.1, 0.15) is 36.0 Å². The van der Waals surface area contributed by atoms with Gasteiger partial charge >= 0.3 is 6.09 Å². The van der Waals surface area contributed by atoms with Crippen molar-refractivity contribution in [2.45, 2.75) is 44.9 Å². The van der Waals surface area contributed by atoms with Crippen molar-refractivity contribution in [2.24, 2.45) is 0 Å². The number of amides is 1. The third-order valence-electron chi connectivity index (χ3n) is 5.50. The zero-order chi connectivity index (χ0) is 19.0. The summed E-state index contributed by atoms with van der Waals surface area (Å²) in [6.45, 7) is 1.84.